The molecule has 2 aromatic carbocycles. The first-order valence-electron chi connectivity index (χ1n) is 7.44. The molecular weight excluding hydrogens is 265 g/mol. The fourth-order valence-corrected chi connectivity index (χ4v) is 3.56. The first-order chi connectivity index (χ1) is 10.2. The van der Waals surface area contributed by atoms with Gasteiger partial charge in [0.15, 0.2) is 0 Å². The van der Waals surface area contributed by atoms with Crippen molar-refractivity contribution in [2.75, 3.05) is 20.2 Å². The molecule has 2 aliphatic heterocycles. The van der Waals surface area contributed by atoms with Crippen LogP contribution in [0, 0.1) is 5.82 Å². The molecule has 0 N–H and O–H groups in total. The van der Waals surface area contributed by atoms with Gasteiger partial charge in [0.05, 0.1) is 6.61 Å². The van der Waals surface area contributed by atoms with Crippen LogP contribution in [-0.4, -0.2) is 25.1 Å². The Morgan fingerprint density at radius 2 is 1.86 bits per heavy atom. The molecule has 0 saturated carbocycles. The van der Waals surface area contributed by atoms with Gasteiger partial charge in [-0.25, -0.2) is 4.39 Å². The molecular formula is C18H18FNO. The van der Waals surface area contributed by atoms with Crippen LogP contribution in [0.25, 0.3) is 0 Å². The van der Waals surface area contributed by atoms with E-state index in [0.29, 0.717) is 0 Å². The van der Waals surface area contributed by atoms with Crippen LogP contribution in [0.1, 0.15) is 28.2 Å². The first-order valence-corrected chi connectivity index (χ1v) is 7.44. The molecule has 2 nitrogen and oxygen atoms in total. The maximum atomic E-state index is 13.2. The molecule has 1 atom stereocenters. The molecule has 2 aromatic rings. The van der Waals surface area contributed by atoms with Gasteiger partial charge >= 0.3 is 0 Å². The Hall–Kier alpha value is -1.87. The number of halogens is 1. The molecule has 4 rings (SSSR count). The lowest BCUT2D eigenvalue weighted by molar-refractivity contribution is 0.286. The van der Waals surface area contributed by atoms with Crippen LogP contribution in [0.15, 0.2) is 36.4 Å². The number of likely N-dealkylation sites (N-methyl/N-ethyl adjacent to an activating group) is 1. The number of benzene rings is 2. The average Bonchev–Trinajstić information content (AvgIpc) is 2.95. The summed E-state index contributed by atoms with van der Waals surface area (Å²) in [6.45, 7) is 2.67. The van der Waals surface area contributed by atoms with E-state index >= 15 is 0 Å². The first kappa shape index (κ1) is 12.8. The molecule has 0 aromatic heterocycles. The van der Waals surface area contributed by atoms with E-state index < -0.39 is 0 Å². The summed E-state index contributed by atoms with van der Waals surface area (Å²) in [7, 11) is 2.13. The molecule has 0 saturated heterocycles. The van der Waals surface area contributed by atoms with Crippen LogP contribution >= 0.6 is 0 Å². The molecule has 0 fully saturated rings. The standard InChI is InChI=1S/C18H18FNO/c1-20-10-14-3-2-13-8-9-21-18(13)17(14)16(11-20)12-4-6-15(19)7-5-12/h2-7,16H,8-11H2,1H3. The van der Waals surface area contributed by atoms with E-state index in [4.69, 9.17) is 4.74 Å². The number of rotatable bonds is 1. The van der Waals surface area contributed by atoms with E-state index in [2.05, 4.69) is 24.1 Å². The quantitative estimate of drug-likeness (QED) is 0.796. The summed E-state index contributed by atoms with van der Waals surface area (Å²) in [4.78, 5) is 2.32. The highest BCUT2D eigenvalue weighted by molar-refractivity contribution is 5.54. The zero-order chi connectivity index (χ0) is 14.4. The van der Waals surface area contributed by atoms with E-state index in [-0.39, 0.29) is 11.7 Å². The second kappa shape index (κ2) is 4.85. The maximum absolute atomic E-state index is 13.2. The Kier molecular flexibility index (Phi) is 2.96. The Balaban J connectivity index is 1.86. The van der Waals surface area contributed by atoms with Gasteiger partial charge in [-0.05, 0) is 35.9 Å². The SMILES string of the molecule is CN1Cc2ccc3c(c2C(c2ccc(F)cc2)C1)OCC3. The van der Waals surface area contributed by atoms with Gasteiger partial charge in [-0.1, -0.05) is 24.3 Å². The van der Waals surface area contributed by atoms with Crippen LogP contribution < -0.4 is 4.74 Å². The molecule has 3 heteroatoms. The summed E-state index contributed by atoms with van der Waals surface area (Å²) in [6.07, 6.45) is 0.995. The van der Waals surface area contributed by atoms with Crippen molar-refractivity contribution in [2.24, 2.45) is 0 Å². The number of nitrogens with zero attached hydrogens (tertiary/aromatic N) is 1. The highest BCUT2D eigenvalue weighted by Crippen LogP contribution is 2.42. The Morgan fingerprint density at radius 1 is 1.10 bits per heavy atom. The van der Waals surface area contributed by atoms with Crippen molar-refractivity contribution in [3.8, 4) is 5.75 Å². The van der Waals surface area contributed by atoms with Gasteiger partial charge in [0.2, 0.25) is 0 Å². The molecule has 0 amide bonds. The van der Waals surface area contributed by atoms with Gasteiger partial charge < -0.3 is 9.64 Å². The molecule has 0 spiro atoms. The minimum Gasteiger partial charge on any atom is -0.493 e. The molecule has 1 unspecified atom stereocenters. The third kappa shape index (κ3) is 2.12. The van der Waals surface area contributed by atoms with Gasteiger partial charge in [0.1, 0.15) is 11.6 Å². The van der Waals surface area contributed by atoms with Crippen LogP contribution in [-0.2, 0) is 13.0 Å². The molecule has 2 heterocycles. The largest absolute Gasteiger partial charge is 0.493 e. The zero-order valence-electron chi connectivity index (χ0n) is 12.1. The topological polar surface area (TPSA) is 12.5 Å². The fraction of sp³-hybridized carbons (Fsp3) is 0.333. The van der Waals surface area contributed by atoms with Crippen molar-refractivity contribution in [1.29, 1.82) is 0 Å². The van der Waals surface area contributed by atoms with Gasteiger partial charge in [-0.15, -0.1) is 0 Å². The zero-order valence-corrected chi connectivity index (χ0v) is 12.1. The van der Waals surface area contributed by atoms with Crippen molar-refractivity contribution in [3.05, 3.63) is 64.5 Å². The third-order valence-corrected chi connectivity index (χ3v) is 4.54. The van der Waals surface area contributed by atoms with Gasteiger partial charge in [0, 0.05) is 31.0 Å². The predicted octanol–water partition coefficient (Wildman–Crippen LogP) is 3.34. The maximum Gasteiger partial charge on any atom is 0.126 e. The lowest BCUT2D eigenvalue weighted by atomic mass is 9.83. The summed E-state index contributed by atoms with van der Waals surface area (Å²) < 4.78 is 19.1. The third-order valence-electron chi connectivity index (χ3n) is 4.54. The predicted molar refractivity (Wildman–Crippen MR) is 80.2 cm³/mol. The summed E-state index contributed by atoms with van der Waals surface area (Å²) in [5, 5.41) is 0. The van der Waals surface area contributed by atoms with Crippen molar-refractivity contribution in [2.45, 2.75) is 18.9 Å². The van der Waals surface area contributed by atoms with Gasteiger partial charge in [-0.2, -0.15) is 0 Å². The average molecular weight is 283 g/mol. The Morgan fingerprint density at radius 3 is 2.67 bits per heavy atom. The molecule has 0 radical (unpaired) electrons. The molecule has 21 heavy (non-hydrogen) atoms. The molecule has 2 aliphatic rings. The van der Waals surface area contributed by atoms with Crippen LogP contribution in [0.3, 0.4) is 0 Å². The van der Waals surface area contributed by atoms with E-state index in [1.54, 1.807) is 12.1 Å². The second-order valence-corrected chi connectivity index (χ2v) is 6.03. The van der Waals surface area contributed by atoms with Crippen molar-refractivity contribution < 1.29 is 9.13 Å². The number of fused-ring (bicyclic) bond motifs is 3. The lowest BCUT2D eigenvalue weighted by Crippen LogP contribution is -2.31. The Bertz CT molecular complexity index is 680. The fourth-order valence-electron chi connectivity index (χ4n) is 3.56. The van der Waals surface area contributed by atoms with Crippen molar-refractivity contribution >= 4 is 0 Å². The highest BCUT2D eigenvalue weighted by Gasteiger charge is 2.31. The minimum atomic E-state index is -0.183. The number of ether oxygens (including phenoxy) is 1. The molecule has 0 bridgehead atoms. The van der Waals surface area contributed by atoms with Gasteiger partial charge in [0.25, 0.3) is 0 Å². The highest BCUT2D eigenvalue weighted by atomic mass is 19.1. The summed E-state index contributed by atoms with van der Waals surface area (Å²) in [5.41, 5.74) is 5.12. The minimum absolute atomic E-state index is 0.183. The van der Waals surface area contributed by atoms with Crippen LogP contribution in [0.5, 0.6) is 5.75 Å². The summed E-state index contributed by atoms with van der Waals surface area (Å²) in [5.74, 6) is 1.15. The lowest BCUT2D eigenvalue weighted by Gasteiger charge is -2.33. The molecule has 0 aliphatic carbocycles. The van der Waals surface area contributed by atoms with Crippen LogP contribution in [0.2, 0.25) is 0 Å². The smallest absolute Gasteiger partial charge is 0.126 e. The van der Waals surface area contributed by atoms with E-state index in [9.17, 15) is 4.39 Å². The van der Waals surface area contributed by atoms with Crippen molar-refractivity contribution in [1.82, 2.24) is 4.90 Å². The monoisotopic (exact) mass is 283 g/mol. The Labute approximate surface area is 124 Å². The van der Waals surface area contributed by atoms with E-state index in [0.717, 1.165) is 37.4 Å². The number of hydrogen-bond donors (Lipinski definition) is 0. The summed E-state index contributed by atoms with van der Waals surface area (Å²) >= 11 is 0. The van der Waals surface area contributed by atoms with E-state index in [1.165, 1.54) is 16.7 Å². The normalized spacial score (nSPS) is 20.8. The second-order valence-electron chi connectivity index (χ2n) is 6.03. The number of hydrogen-bond acceptors (Lipinski definition) is 2. The molecule has 108 valence electrons. The van der Waals surface area contributed by atoms with E-state index in [1.807, 2.05) is 12.1 Å². The van der Waals surface area contributed by atoms with Crippen molar-refractivity contribution in [3.63, 3.8) is 0 Å². The summed E-state index contributed by atoms with van der Waals surface area (Å²) in [6, 6.07) is 11.3. The van der Waals surface area contributed by atoms with Gasteiger partial charge in [-0.3, -0.25) is 0 Å². The van der Waals surface area contributed by atoms with Crippen LogP contribution in [0.4, 0.5) is 4.39 Å².